The summed E-state index contributed by atoms with van der Waals surface area (Å²) in [7, 11) is -2.14. The van der Waals surface area contributed by atoms with E-state index in [0.717, 1.165) is 11.1 Å². The Hall–Kier alpha value is -8.37. The molecule has 1 unspecified atom stereocenters. The van der Waals surface area contributed by atoms with E-state index >= 15 is 0 Å². The summed E-state index contributed by atoms with van der Waals surface area (Å²) < 4.78 is 172. The number of primary amides is 1. The molecule has 11 N–H and O–H groups in total. The largest absolute Gasteiger partial charge is 0.481 e. The predicted molar refractivity (Wildman–Crippen MR) is 547 cm³/mol. The van der Waals surface area contributed by atoms with Crippen LogP contribution >= 0.6 is 0 Å². The zero-order chi connectivity index (χ0) is 107. The van der Waals surface area contributed by atoms with Crippen LogP contribution in [0.4, 0.5) is 21.0 Å². The van der Waals surface area contributed by atoms with Gasteiger partial charge in [0.15, 0.2) is 0 Å². The lowest BCUT2D eigenvalue weighted by atomic mass is 9.88. The maximum atomic E-state index is 13.8. The van der Waals surface area contributed by atoms with Crippen molar-refractivity contribution >= 4 is 75.0 Å². The summed E-state index contributed by atoms with van der Waals surface area (Å²) in [5.41, 5.74) is 16.0. The van der Waals surface area contributed by atoms with Crippen molar-refractivity contribution < 1.29 is 175 Å². The number of aliphatic imine (C=N–C) groups is 1. The Kier molecular flexibility index (Phi) is 77.4. The highest BCUT2D eigenvalue weighted by atomic mass is 32.2. The minimum Gasteiger partial charge on any atom is -0.481 e. The van der Waals surface area contributed by atoms with Crippen molar-refractivity contribution in [2.75, 3.05) is 382 Å². The molecule has 1 saturated heterocycles. The Bertz CT molecular complexity index is 4160. The lowest BCUT2D eigenvalue weighted by Crippen LogP contribution is -2.54. The van der Waals surface area contributed by atoms with Crippen LogP contribution in [-0.4, -0.2) is 464 Å². The molecule has 3 aromatic carbocycles. The van der Waals surface area contributed by atoms with Gasteiger partial charge in [-0.3, -0.25) is 24.0 Å². The fourth-order valence-corrected chi connectivity index (χ4v) is 15.4. The van der Waals surface area contributed by atoms with Crippen LogP contribution in [0.15, 0.2) is 82.2 Å². The van der Waals surface area contributed by atoms with Gasteiger partial charge in [-0.25, -0.2) is 23.0 Å². The Morgan fingerprint density at radius 3 is 1.19 bits per heavy atom. The van der Waals surface area contributed by atoms with E-state index in [0.29, 0.717) is 345 Å². The van der Waals surface area contributed by atoms with Gasteiger partial charge in [0, 0.05) is 87.9 Å². The first-order valence-corrected chi connectivity index (χ1v) is 52.9. The molecule has 0 saturated carbocycles. The number of hydrogen-bond donors (Lipinski definition) is 9. The van der Waals surface area contributed by atoms with Gasteiger partial charge in [0.2, 0.25) is 33.7 Å². The number of carbonyl (C=O) groups is 7. The van der Waals surface area contributed by atoms with E-state index in [9.17, 15) is 47.1 Å². The number of carboxylic acids is 1. The minimum atomic E-state index is -3.72. The molecule has 2 heterocycles. The lowest BCUT2D eigenvalue weighted by Gasteiger charge is -2.37. The van der Waals surface area contributed by atoms with Crippen LogP contribution in [0.3, 0.4) is 0 Å². The van der Waals surface area contributed by atoms with E-state index < -0.39 is 57.9 Å². The number of fused-ring (bicyclic) bond motifs is 1. The fraction of sp³-hybridized carbons (Fsp3) is 0.723. The molecule has 2 aliphatic heterocycles. The van der Waals surface area contributed by atoms with Crippen LogP contribution in [0.1, 0.15) is 93.9 Å². The van der Waals surface area contributed by atoms with Crippen LogP contribution in [-0.2, 0) is 164 Å². The molecule has 0 spiro atoms. The van der Waals surface area contributed by atoms with Gasteiger partial charge < -0.3 is 176 Å². The summed E-state index contributed by atoms with van der Waals surface area (Å²) in [4.78, 5) is 95.3. The molecule has 0 aromatic heterocycles. The average Bonchev–Trinajstić information content (AvgIpc) is 0.993. The molecule has 48 heteroatoms. The molecular formula is C101H168N10O37S. The zero-order valence-corrected chi connectivity index (χ0v) is 88.5. The number of aliphatic hydroxyl groups is 1. The zero-order valence-electron chi connectivity index (χ0n) is 87.7. The van der Waals surface area contributed by atoms with Crippen LogP contribution in [0.25, 0.3) is 6.08 Å². The van der Waals surface area contributed by atoms with Gasteiger partial charge >= 0.3 is 18.1 Å². The SMILES string of the molecule is CCC(c1cccc(S(=O)(=O)N2CC(CO)C2)c1)c1ccc2c(c1)N=C(N)CC(C(=O)NCCCN(C)C(=O)OCc1ccc(NC(=O)[C@H](CCCNC(N)=O)NC(=O)[C@@H](NC(=O)CCOCCOCCOCCOCCOCCOCCOCCOCCOCCOCCOCCOCCOCCOCCOCCOCCOCCOCCOCCOCCOCCOCCOCCOCCOCCC(=O)O)C(C)C)cc1)=C2. The van der Waals surface area contributed by atoms with Crippen molar-refractivity contribution in [1.29, 1.82) is 0 Å². The number of amides is 7. The first-order valence-electron chi connectivity index (χ1n) is 51.4. The molecule has 0 bridgehead atoms. The number of hydrogen-bond acceptors (Lipinski definition) is 38. The first kappa shape index (κ1) is 131. The van der Waals surface area contributed by atoms with Crippen molar-refractivity contribution in [3.63, 3.8) is 0 Å². The third-order valence-corrected chi connectivity index (χ3v) is 23.6. The monoisotopic (exact) mass is 2150 g/mol. The second-order valence-electron chi connectivity index (χ2n) is 33.9. The summed E-state index contributed by atoms with van der Waals surface area (Å²) in [6, 6.07) is 16.4. The number of urea groups is 1. The van der Waals surface area contributed by atoms with Gasteiger partial charge in [-0.05, 0) is 84.7 Å². The topological polar surface area (TPSA) is 565 Å². The van der Waals surface area contributed by atoms with E-state index in [2.05, 4.69) is 31.6 Å². The van der Waals surface area contributed by atoms with Crippen LogP contribution in [0, 0.1) is 11.8 Å². The van der Waals surface area contributed by atoms with Crippen molar-refractivity contribution in [2.45, 2.75) is 95.2 Å². The summed E-state index contributed by atoms with van der Waals surface area (Å²) in [6.07, 6.45) is 2.64. The first-order chi connectivity index (χ1) is 72.7. The fourth-order valence-electron chi connectivity index (χ4n) is 13.7. The highest BCUT2D eigenvalue weighted by Gasteiger charge is 2.37. The van der Waals surface area contributed by atoms with Crippen LogP contribution in [0.5, 0.6) is 0 Å². The Labute approximate surface area is 876 Å². The van der Waals surface area contributed by atoms with E-state index in [4.69, 9.17) is 140 Å². The smallest absolute Gasteiger partial charge is 0.409 e. The number of aliphatic carboxylic acids is 1. The van der Waals surface area contributed by atoms with Crippen LogP contribution in [0.2, 0.25) is 0 Å². The molecule has 47 nitrogen and oxygen atoms in total. The Balaban J connectivity index is 0.715. The minimum absolute atomic E-state index is 0.0179. The molecule has 0 aliphatic carbocycles. The maximum absolute atomic E-state index is 13.8. The van der Waals surface area contributed by atoms with E-state index in [1.54, 1.807) is 69.4 Å². The number of amidine groups is 1. The number of nitrogens with one attached hydrogen (secondary N) is 5. The number of rotatable bonds is 101. The van der Waals surface area contributed by atoms with Crippen molar-refractivity contribution in [1.82, 2.24) is 30.5 Å². The number of benzene rings is 3. The summed E-state index contributed by atoms with van der Waals surface area (Å²) >= 11 is 0. The summed E-state index contributed by atoms with van der Waals surface area (Å²) in [5, 5.41) is 31.7. The number of carbonyl (C=O) groups excluding carboxylic acids is 6. The number of ether oxygens (including phenoxy) is 26. The van der Waals surface area contributed by atoms with Gasteiger partial charge in [0.05, 0.1) is 347 Å². The molecular weight excluding hydrogens is 1980 g/mol. The van der Waals surface area contributed by atoms with Gasteiger partial charge in [-0.2, -0.15) is 4.31 Å². The van der Waals surface area contributed by atoms with E-state index in [-0.39, 0.29) is 139 Å². The van der Waals surface area contributed by atoms with Gasteiger partial charge in [-0.1, -0.05) is 57.2 Å². The van der Waals surface area contributed by atoms with Crippen molar-refractivity contribution in [3.05, 3.63) is 94.6 Å². The molecule has 5 rings (SSSR count). The normalized spacial score (nSPS) is 13.4. The summed E-state index contributed by atoms with van der Waals surface area (Å²) in [5.74, 6) is -3.17. The number of nitrogens with zero attached hydrogens (tertiary/aromatic N) is 3. The molecule has 149 heavy (non-hydrogen) atoms. The number of nitrogens with two attached hydrogens (primary N) is 2. The average molecular weight is 2150 g/mol. The van der Waals surface area contributed by atoms with Crippen molar-refractivity contribution in [3.8, 4) is 0 Å². The maximum Gasteiger partial charge on any atom is 0.409 e. The van der Waals surface area contributed by atoms with Gasteiger partial charge in [0.25, 0.3) is 0 Å². The third kappa shape index (κ3) is 66.4. The standard InChI is InChI=1S/C101H168N10O37S/c1-5-90(84-9-6-10-89(74-84)149(121,122)111-77-83(78-111)79-112)85-14-15-86-73-87(76-93(102)107-92(86)75-85)97(116)104-21-8-22-110(4)101(120)148-80-82-12-16-88(17-13-82)106-98(117)91(11-7-20-105-100(103)119)108-99(118)96(81(2)3)109-94(113)18-23-123-25-27-125-29-31-127-33-35-129-37-39-131-41-43-133-45-47-135-49-51-137-53-55-139-57-59-141-61-63-143-65-67-145-69-71-147-72-70-146-68-66-144-64-62-142-60-58-140-56-54-138-52-50-136-48-46-134-44-42-132-40-38-130-36-34-128-32-30-126-28-26-124-24-19-95(114)115/h6,9-10,12-17,73-75,81,83,90-91,96,112H,5,7-8,11,18-72,76-80H2,1-4H3,(H2,102,107)(H,104,116)(H,106,117)(H,108,118)(H,109,113)(H,114,115)(H3,103,105,119)/t90?,91-,96-/m0/s1. The highest BCUT2D eigenvalue weighted by molar-refractivity contribution is 7.89. The molecule has 7 amide bonds. The lowest BCUT2D eigenvalue weighted by molar-refractivity contribution is -0.138. The number of aliphatic hydroxyl groups excluding tert-OH is 1. The molecule has 1 fully saturated rings. The molecule has 0 radical (unpaired) electrons. The number of anilines is 1. The van der Waals surface area contributed by atoms with Gasteiger partial charge in [0.1, 0.15) is 24.5 Å². The van der Waals surface area contributed by atoms with E-state index in [1.165, 1.54) is 9.21 Å². The second-order valence-corrected chi connectivity index (χ2v) is 35.9. The predicted octanol–water partition coefficient (Wildman–Crippen LogP) is 3.68. The van der Waals surface area contributed by atoms with Crippen molar-refractivity contribution in [2.24, 2.45) is 28.3 Å². The Morgan fingerprint density at radius 2 is 0.832 bits per heavy atom. The molecule has 3 atom stereocenters. The molecule has 2 aliphatic rings. The van der Waals surface area contributed by atoms with E-state index in [1.807, 2.05) is 31.2 Å². The second kappa shape index (κ2) is 88.0. The van der Waals surface area contributed by atoms with Crippen LogP contribution < -0.4 is 38.1 Å². The third-order valence-electron chi connectivity index (χ3n) is 21.8. The summed E-state index contributed by atoms with van der Waals surface area (Å²) in [6.45, 7) is 27.4. The number of carboxylic acid groups (broad SMARTS) is 1. The Morgan fingerprint density at radius 1 is 0.463 bits per heavy atom. The molecule has 3 aromatic rings. The molecule has 850 valence electrons. The highest BCUT2D eigenvalue weighted by Crippen LogP contribution is 2.36. The quantitative estimate of drug-likeness (QED) is 0.0364. The number of sulfonamides is 1. The van der Waals surface area contributed by atoms with Gasteiger partial charge in [-0.15, -0.1) is 0 Å².